The average Bonchev–Trinajstić information content (AvgIpc) is 3.60. The largest absolute Gasteiger partial charge is 0.340 e. The maximum Gasteiger partial charge on any atom is 0.141 e. The van der Waals surface area contributed by atoms with Crippen molar-refractivity contribution in [2.24, 2.45) is 12.0 Å². The smallest absolute Gasteiger partial charge is 0.141 e. The first-order valence-corrected chi connectivity index (χ1v) is 10.9. The number of pyridine rings is 1. The molecule has 7 heteroatoms. The molecule has 6 nitrogen and oxygen atoms in total. The number of hydrogen-bond donors (Lipinski definition) is 0. The van der Waals surface area contributed by atoms with Crippen molar-refractivity contribution in [1.29, 1.82) is 5.26 Å². The van der Waals surface area contributed by atoms with Gasteiger partial charge in [-0.25, -0.2) is 4.39 Å². The number of nitriles is 1. The molecule has 0 amide bonds. The summed E-state index contributed by atoms with van der Waals surface area (Å²) in [5.74, 6) is -0.546. The second-order valence-electron chi connectivity index (χ2n) is 8.32. The lowest BCUT2D eigenvalue weighted by molar-refractivity contribution is 0.624. The van der Waals surface area contributed by atoms with Crippen LogP contribution in [-0.4, -0.2) is 25.5 Å². The van der Waals surface area contributed by atoms with Crippen molar-refractivity contribution in [2.75, 3.05) is 0 Å². The topological polar surface area (TPSA) is 71.8 Å². The van der Waals surface area contributed by atoms with Gasteiger partial charge in [0, 0.05) is 47.8 Å². The van der Waals surface area contributed by atoms with Crippen LogP contribution in [0.5, 0.6) is 0 Å². The highest BCUT2D eigenvalue weighted by molar-refractivity contribution is 6.02. The van der Waals surface area contributed by atoms with Crippen molar-refractivity contribution in [3.8, 4) is 28.5 Å². The summed E-state index contributed by atoms with van der Waals surface area (Å²) in [6.07, 6.45) is 10.6. The summed E-state index contributed by atoms with van der Waals surface area (Å²) < 4.78 is 18.6. The predicted molar refractivity (Wildman–Crippen MR) is 131 cm³/mol. The van der Waals surface area contributed by atoms with Gasteiger partial charge < -0.3 is 4.57 Å². The monoisotopic (exact) mass is 446 g/mol. The van der Waals surface area contributed by atoms with E-state index in [0.29, 0.717) is 12.1 Å². The van der Waals surface area contributed by atoms with Crippen molar-refractivity contribution < 1.29 is 4.39 Å². The van der Waals surface area contributed by atoms with Crippen LogP contribution in [0.4, 0.5) is 4.39 Å². The van der Waals surface area contributed by atoms with Gasteiger partial charge in [-0.15, -0.1) is 0 Å². The SMILES string of the molecule is Cn1ncc2cc(-c3ncc4c(ccn4CC4=CCC=N4)c3-c3ccc(C#N)c(F)c3)ccc21. The van der Waals surface area contributed by atoms with Crippen molar-refractivity contribution in [2.45, 2.75) is 13.0 Å². The van der Waals surface area contributed by atoms with Gasteiger partial charge in [0.15, 0.2) is 0 Å². The average molecular weight is 446 g/mol. The summed E-state index contributed by atoms with van der Waals surface area (Å²) in [7, 11) is 1.91. The first-order valence-electron chi connectivity index (χ1n) is 10.9. The van der Waals surface area contributed by atoms with E-state index in [2.05, 4.69) is 26.8 Å². The van der Waals surface area contributed by atoms with Crippen LogP contribution in [-0.2, 0) is 13.6 Å². The molecule has 1 aliphatic heterocycles. The molecule has 0 spiro atoms. The van der Waals surface area contributed by atoms with Crippen LogP contribution < -0.4 is 0 Å². The van der Waals surface area contributed by atoms with E-state index in [9.17, 15) is 9.65 Å². The van der Waals surface area contributed by atoms with E-state index in [1.807, 2.05) is 60.8 Å². The number of aliphatic imine (C=N–C) groups is 1. The summed E-state index contributed by atoms with van der Waals surface area (Å²) >= 11 is 0. The molecule has 6 rings (SSSR count). The molecule has 0 N–H and O–H groups in total. The van der Waals surface area contributed by atoms with Crippen LogP contribution in [0.1, 0.15) is 12.0 Å². The number of hydrogen-bond acceptors (Lipinski definition) is 4. The van der Waals surface area contributed by atoms with Gasteiger partial charge in [0.1, 0.15) is 11.9 Å². The number of nitrogens with zero attached hydrogens (tertiary/aromatic N) is 6. The number of aryl methyl sites for hydroxylation is 1. The lowest BCUT2D eigenvalue weighted by Gasteiger charge is -2.13. The fourth-order valence-electron chi connectivity index (χ4n) is 4.57. The minimum absolute atomic E-state index is 0.0193. The number of fused-ring (bicyclic) bond motifs is 2. The zero-order chi connectivity index (χ0) is 23.2. The van der Waals surface area contributed by atoms with E-state index in [1.54, 1.807) is 6.07 Å². The minimum Gasteiger partial charge on any atom is -0.340 e. The molecule has 0 radical (unpaired) electrons. The number of rotatable bonds is 4. The molecule has 0 unspecified atom stereocenters. The van der Waals surface area contributed by atoms with Gasteiger partial charge >= 0.3 is 0 Å². The highest BCUT2D eigenvalue weighted by Gasteiger charge is 2.18. The molecular weight excluding hydrogens is 427 g/mol. The number of aromatic nitrogens is 4. The van der Waals surface area contributed by atoms with Crippen molar-refractivity contribution in [3.63, 3.8) is 0 Å². The Balaban J connectivity index is 1.59. The summed E-state index contributed by atoms with van der Waals surface area (Å²) in [6.45, 7) is 0.643. The Kier molecular flexibility index (Phi) is 4.59. The molecule has 0 bridgehead atoms. The zero-order valence-electron chi connectivity index (χ0n) is 18.4. The summed E-state index contributed by atoms with van der Waals surface area (Å²) in [5.41, 5.74) is 6.15. The second kappa shape index (κ2) is 7.78. The Morgan fingerprint density at radius 3 is 2.74 bits per heavy atom. The molecule has 0 saturated carbocycles. The fourth-order valence-corrected chi connectivity index (χ4v) is 4.57. The van der Waals surface area contributed by atoms with E-state index in [-0.39, 0.29) is 5.56 Å². The van der Waals surface area contributed by atoms with Gasteiger partial charge in [0.05, 0.1) is 46.9 Å². The third-order valence-electron chi connectivity index (χ3n) is 6.27. The first kappa shape index (κ1) is 20.1. The van der Waals surface area contributed by atoms with Gasteiger partial charge in [-0.3, -0.25) is 14.7 Å². The highest BCUT2D eigenvalue weighted by atomic mass is 19.1. The van der Waals surface area contributed by atoms with Crippen LogP contribution in [0, 0.1) is 17.1 Å². The van der Waals surface area contributed by atoms with E-state index < -0.39 is 5.82 Å². The Morgan fingerprint density at radius 2 is 1.94 bits per heavy atom. The molecule has 34 heavy (non-hydrogen) atoms. The standard InChI is InChI=1S/C27H19FN6/c1-33-24-7-6-18(11-20(24)14-32-33)27-26(17-4-5-19(13-29)23(28)12-17)22-8-10-34(25(22)15-31-27)16-21-3-2-9-30-21/h3-12,14-15H,2,16H2,1H3. The second-order valence-corrected chi connectivity index (χ2v) is 8.32. The van der Waals surface area contributed by atoms with Gasteiger partial charge in [-0.1, -0.05) is 18.2 Å². The molecule has 5 aromatic rings. The zero-order valence-corrected chi connectivity index (χ0v) is 18.4. The molecule has 1 aliphatic rings. The molecule has 4 heterocycles. The summed E-state index contributed by atoms with van der Waals surface area (Å²) in [5, 5.41) is 15.5. The highest BCUT2D eigenvalue weighted by Crippen LogP contribution is 2.38. The lowest BCUT2D eigenvalue weighted by Crippen LogP contribution is -1.99. The van der Waals surface area contributed by atoms with E-state index in [0.717, 1.165) is 50.7 Å². The fraction of sp³-hybridized carbons (Fsp3) is 0.111. The first-order chi connectivity index (χ1) is 16.6. The Bertz CT molecular complexity index is 1700. The molecular formula is C27H19FN6. The Morgan fingerprint density at radius 1 is 1.06 bits per heavy atom. The van der Waals surface area contributed by atoms with Crippen molar-refractivity contribution in [3.05, 3.63) is 84.2 Å². The quantitative estimate of drug-likeness (QED) is 0.359. The van der Waals surface area contributed by atoms with Crippen LogP contribution >= 0.6 is 0 Å². The van der Waals surface area contributed by atoms with Crippen LogP contribution in [0.2, 0.25) is 0 Å². The lowest BCUT2D eigenvalue weighted by atomic mass is 9.95. The maximum absolute atomic E-state index is 14.7. The van der Waals surface area contributed by atoms with Crippen LogP contribution in [0.3, 0.4) is 0 Å². The third kappa shape index (κ3) is 3.20. The third-order valence-corrected chi connectivity index (χ3v) is 6.27. The number of halogens is 1. The molecule has 0 atom stereocenters. The summed E-state index contributed by atoms with van der Waals surface area (Å²) in [4.78, 5) is 9.28. The number of benzene rings is 2. The Labute approximate surface area is 194 Å². The van der Waals surface area contributed by atoms with Crippen molar-refractivity contribution >= 4 is 28.0 Å². The van der Waals surface area contributed by atoms with Crippen LogP contribution in [0.15, 0.2) is 77.8 Å². The van der Waals surface area contributed by atoms with E-state index in [1.165, 1.54) is 12.1 Å². The normalized spacial score (nSPS) is 13.0. The molecule has 164 valence electrons. The Hall–Kier alpha value is -4.57. The van der Waals surface area contributed by atoms with Gasteiger partial charge in [0.25, 0.3) is 0 Å². The van der Waals surface area contributed by atoms with Gasteiger partial charge in [-0.2, -0.15) is 10.4 Å². The molecule has 0 aliphatic carbocycles. The van der Waals surface area contributed by atoms with Crippen molar-refractivity contribution in [1.82, 2.24) is 19.3 Å². The maximum atomic E-state index is 14.7. The van der Waals surface area contributed by atoms with E-state index in [4.69, 9.17) is 4.98 Å². The van der Waals surface area contributed by atoms with Gasteiger partial charge in [0.2, 0.25) is 0 Å². The van der Waals surface area contributed by atoms with Gasteiger partial charge in [-0.05, 0) is 35.9 Å². The minimum atomic E-state index is -0.546. The molecule has 2 aromatic carbocycles. The number of allylic oxidation sites excluding steroid dienone is 2. The molecule has 3 aromatic heterocycles. The summed E-state index contributed by atoms with van der Waals surface area (Å²) in [6, 6.07) is 14.7. The molecule has 0 fully saturated rings. The predicted octanol–water partition coefficient (Wildman–Crippen LogP) is 5.63. The van der Waals surface area contributed by atoms with E-state index >= 15 is 0 Å². The molecule has 0 saturated heterocycles. The van der Waals surface area contributed by atoms with Crippen LogP contribution in [0.25, 0.3) is 44.2 Å².